The van der Waals surface area contributed by atoms with Crippen molar-refractivity contribution < 1.29 is 4.74 Å². The summed E-state index contributed by atoms with van der Waals surface area (Å²) in [7, 11) is 0. The molecule has 3 rings (SSSR count). The molecule has 0 radical (unpaired) electrons. The summed E-state index contributed by atoms with van der Waals surface area (Å²) in [5, 5.41) is 16.1. The minimum atomic E-state index is 0.619. The first-order valence-electron chi connectivity index (χ1n) is 7.54. The number of hydrogen-bond donors (Lipinski definition) is 1. The Hall–Kier alpha value is -2.96. The fraction of sp³-hybridized carbons (Fsp3) is 0.250. The van der Waals surface area contributed by atoms with Gasteiger partial charge in [-0.15, -0.1) is 15.3 Å². The molecular weight excluding hydrogens is 292 g/mol. The summed E-state index contributed by atoms with van der Waals surface area (Å²) in [4.78, 5) is 0. The van der Waals surface area contributed by atoms with Crippen LogP contribution in [-0.4, -0.2) is 32.6 Å². The molecule has 118 valence electrons. The summed E-state index contributed by atoms with van der Waals surface area (Å²) >= 11 is 0. The lowest BCUT2D eigenvalue weighted by molar-refractivity contribution is 0.309. The first-order valence-corrected chi connectivity index (χ1v) is 7.54. The van der Waals surface area contributed by atoms with Crippen molar-refractivity contribution in [1.29, 1.82) is 0 Å². The molecule has 1 N–H and O–H groups in total. The van der Waals surface area contributed by atoms with Crippen molar-refractivity contribution in [1.82, 2.24) is 19.8 Å². The predicted octanol–water partition coefficient (Wildman–Crippen LogP) is 2.75. The van der Waals surface area contributed by atoms with Gasteiger partial charge in [-0.05, 0) is 48.4 Å². The number of unbranched alkanes of at least 4 members (excludes halogenated alkanes) is 1. The van der Waals surface area contributed by atoms with E-state index in [2.05, 4.69) is 32.7 Å². The van der Waals surface area contributed by atoms with Gasteiger partial charge in [0, 0.05) is 0 Å². The molecule has 23 heavy (non-hydrogen) atoms. The van der Waals surface area contributed by atoms with Crippen molar-refractivity contribution in [2.24, 2.45) is 5.10 Å². The van der Waals surface area contributed by atoms with Crippen molar-refractivity contribution in [2.75, 3.05) is 12.0 Å². The Morgan fingerprint density at radius 2 is 2.09 bits per heavy atom. The zero-order chi connectivity index (χ0) is 15.9. The highest BCUT2D eigenvalue weighted by Gasteiger charge is 1.98. The molecule has 3 aromatic rings. The number of rotatable bonds is 7. The van der Waals surface area contributed by atoms with E-state index >= 15 is 0 Å². The molecule has 0 unspecified atom stereocenters. The third-order valence-corrected chi connectivity index (χ3v) is 3.20. The van der Waals surface area contributed by atoms with Gasteiger partial charge >= 0.3 is 0 Å². The molecule has 7 nitrogen and oxygen atoms in total. The average Bonchev–Trinajstić information content (AvgIpc) is 3.04. The molecule has 2 aromatic heterocycles. The van der Waals surface area contributed by atoms with Gasteiger partial charge in [0.05, 0.1) is 12.8 Å². The number of anilines is 1. The number of fused-ring (bicyclic) bond motifs is 1. The lowest BCUT2D eigenvalue weighted by Crippen LogP contribution is -1.98. The van der Waals surface area contributed by atoms with E-state index in [9.17, 15) is 0 Å². The van der Waals surface area contributed by atoms with E-state index in [1.54, 1.807) is 23.1 Å². The van der Waals surface area contributed by atoms with Crippen LogP contribution in [0.2, 0.25) is 0 Å². The zero-order valence-corrected chi connectivity index (χ0v) is 12.9. The number of ether oxygens (including phenoxy) is 1. The van der Waals surface area contributed by atoms with E-state index in [0.29, 0.717) is 11.5 Å². The fourth-order valence-electron chi connectivity index (χ4n) is 1.95. The average molecular weight is 310 g/mol. The third kappa shape index (κ3) is 4.03. The van der Waals surface area contributed by atoms with Gasteiger partial charge in [-0.2, -0.15) is 9.62 Å². The Balaban J connectivity index is 1.56. The first-order chi connectivity index (χ1) is 11.3. The molecule has 0 saturated carbocycles. The number of hydrogen-bond acceptors (Lipinski definition) is 6. The summed E-state index contributed by atoms with van der Waals surface area (Å²) < 4.78 is 7.21. The van der Waals surface area contributed by atoms with Crippen molar-refractivity contribution in [3.05, 3.63) is 48.3 Å². The zero-order valence-electron chi connectivity index (χ0n) is 12.9. The van der Waals surface area contributed by atoms with Crippen LogP contribution in [0.3, 0.4) is 0 Å². The molecule has 7 heteroatoms. The minimum Gasteiger partial charge on any atom is -0.494 e. The van der Waals surface area contributed by atoms with Crippen molar-refractivity contribution >= 4 is 17.7 Å². The second kappa shape index (κ2) is 7.35. The standard InChI is InChI=1S/C16H18N6O/c1-2-3-10-23-14-6-4-13(5-7-14)11-17-19-15-8-9-16-20-18-12-22(16)21-15/h4-9,11-12H,2-3,10H2,1H3,(H,19,21). The minimum absolute atomic E-state index is 0.619. The second-order valence-electron chi connectivity index (χ2n) is 4.99. The lowest BCUT2D eigenvalue weighted by atomic mass is 10.2. The number of nitrogens with zero attached hydrogens (tertiary/aromatic N) is 5. The third-order valence-electron chi connectivity index (χ3n) is 3.20. The van der Waals surface area contributed by atoms with Crippen LogP contribution >= 0.6 is 0 Å². The maximum Gasteiger partial charge on any atom is 0.177 e. The van der Waals surface area contributed by atoms with Gasteiger partial charge in [0.25, 0.3) is 0 Å². The number of nitrogens with one attached hydrogen (secondary N) is 1. The van der Waals surface area contributed by atoms with E-state index < -0.39 is 0 Å². The fourth-order valence-corrected chi connectivity index (χ4v) is 1.95. The van der Waals surface area contributed by atoms with Crippen LogP contribution in [0.25, 0.3) is 5.65 Å². The monoisotopic (exact) mass is 310 g/mol. The maximum absolute atomic E-state index is 5.62. The molecule has 0 atom stereocenters. The highest BCUT2D eigenvalue weighted by Crippen LogP contribution is 2.12. The van der Waals surface area contributed by atoms with Crippen LogP contribution in [0.15, 0.2) is 47.8 Å². The second-order valence-corrected chi connectivity index (χ2v) is 4.99. The highest BCUT2D eigenvalue weighted by molar-refractivity contribution is 5.80. The van der Waals surface area contributed by atoms with Crippen LogP contribution in [0.1, 0.15) is 25.3 Å². The van der Waals surface area contributed by atoms with Crippen molar-refractivity contribution in [2.45, 2.75) is 19.8 Å². The summed E-state index contributed by atoms with van der Waals surface area (Å²) in [5.41, 5.74) is 4.55. The topological polar surface area (TPSA) is 76.7 Å². The van der Waals surface area contributed by atoms with Gasteiger partial charge in [-0.1, -0.05) is 13.3 Å². The first kappa shape index (κ1) is 15.0. The van der Waals surface area contributed by atoms with Crippen LogP contribution in [0.5, 0.6) is 5.75 Å². The van der Waals surface area contributed by atoms with Gasteiger partial charge in [0.1, 0.15) is 12.1 Å². The SMILES string of the molecule is CCCCOc1ccc(C=NNc2ccc3nncn3n2)cc1. The molecule has 2 heterocycles. The Labute approximate surface area is 134 Å². The van der Waals surface area contributed by atoms with Crippen LogP contribution in [0.4, 0.5) is 5.82 Å². The number of benzene rings is 1. The molecule has 0 fully saturated rings. The van der Waals surface area contributed by atoms with Gasteiger partial charge in [-0.3, -0.25) is 5.43 Å². The smallest absolute Gasteiger partial charge is 0.177 e. The van der Waals surface area contributed by atoms with E-state index in [-0.39, 0.29) is 0 Å². The van der Waals surface area contributed by atoms with Gasteiger partial charge in [0.15, 0.2) is 11.5 Å². The Morgan fingerprint density at radius 3 is 2.91 bits per heavy atom. The molecule has 0 amide bonds. The molecule has 0 saturated heterocycles. The molecule has 0 aliphatic heterocycles. The summed E-state index contributed by atoms with van der Waals surface area (Å²) in [6, 6.07) is 11.4. The number of aromatic nitrogens is 4. The largest absolute Gasteiger partial charge is 0.494 e. The van der Waals surface area contributed by atoms with Gasteiger partial charge in [0.2, 0.25) is 0 Å². The van der Waals surface area contributed by atoms with Gasteiger partial charge in [-0.25, -0.2) is 0 Å². The molecule has 0 aliphatic carbocycles. The quantitative estimate of drug-likeness (QED) is 0.412. The molecular formula is C16H18N6O. The molecule has 0 aliphatic rings. The van der Waals surface area contributed by atoms with E-state index in [1.165, 1.54) is 0 Å². The summed E-state index contributed by atoms with van der Waals surface area (Å²) in [6.07, 6.45) is 5.47. The normalized spacial score (nSPS) is 11.2. The van der Waals surface area contributed by atoms with Crippen LogP contribution < -0.4 is 10.2 Å². The van der Waals surface area contributed by atoms with Crippen molar-refractivity contribution in [3.8, 4) is 5.75 Å². The Kier molecular flexibility index (Phi) is 4.78. The lowest BCUT2D eigenvalue weighted by Gasteiger charge is -2.05. The van der Waals surface area contributed by atoms with E-state index in [4.69, 9.17) is 4.74 Å². The van der Waals surface area contributed by atoms with Crippen LogP contribution in [-0.2, 0) is 0 Å². The summed E-state index contributed by atoms with van der Waals surface area (Å²) in [5.74, 6) is 1.50. The molecule has 0 bridgehead atoms. The van der Waals surface area contributed by atoms with E-state index in [0.717, 1.165) is 30.8 Å². The van der Waals surface area contributed by atoms with Crippen molar-refractivity contribution in [3.63, 3.8) is 0 Å². The molecule has 0 spiro atoms. The maximum atomic E-state index is 5.62. The number of hydrazone groups is 1. The molecule has 1 aromatic carbocycles. The Bertz CT molecular complexity index is 781. The van der Waals surface area contributed by atoms with E-state index in [1.807, 2.05) is 30.3 Å². The highest BCUT2D eigenvalue weighted by atomic mass is 16.5. The summed E-state index contributed by atoms with van der Waals surface area (Å²) in [6.45, 7) is 2.90. The van der Waals surface area contributed by atoms with Gasteiger partial charge < -0.3 is 4.74 Å². The Morgan fingerprint density at radius 1 is 1.22 bits per heavy atom. The predicted molar refractivity (Wildman–Crippen MR) is 88.8 cm³/mol. The van der Waals surface area contributed by atoms with Crippen LogP contribution in [0, 0.1) is 0 Å².